The molecular formula is C21H29F4N3O5. The smallest absolute Gasteiger partial charge is 0.410 e. The first-order chi connectivity index (χ1) is 15.2. The van der Waals surface area contributed by atoms with E-state index < -0.39 is 55.1 Å². The summed E-state index contributed by atoms with van der Waals surface area (Å²) >= 11 is 0. The van der Waals surface area contributed by atoms with Crippen LogP contribution >= 0.6 is 0 Å². The molecule has 0 aromatic heterocycles. The van der Waals surface area contributed by atoms with E-state index in [0.717, 1.165) is 0 Å². The first-order valence-electron chi connectivity index (χ1n) is 10.4. The fourth-order valence-electron chi connectivity index (χ4n) is 3.15. The van der Waals surface area contributed by atoms with E-state index in [2.05, 4.69) is 0 Å². The number of alkyl carbamates (subject to hydrolysis) is 1. The van der Waals surface area contributed by atoms with Gasteiger partial charge in [0.15, 0.2) is 0 Å². The minimum Gasteiger partial charge on any atom is -0.447 e. The number of morpholine rings is 1. The van der Waals surface area contributed by atoms with Crippen molar-refractivity contribution < 1.29 is 41.4 Å². The van der Waals surface area contributed by atoms with Crippen molar-refractivity contribution >= 4 is 17.9 Å². The second kappa shape index (κ2) is 10.9. The van der Waals surface area contributed by atoms with Crippen LogP contribution in [-0.2, 0) is 20.6 Å². The molecule has 3 N–H and O–H groups in total. The average Bonchev–Trinajstić information content (AvgIpc) is 2.69. The van der Waals surface area contributed by atoms with E-state index in [1.807, 2.05) is 0 Å². The Morgan fingerprint density at radius 3 is 2.58 bits per heavy atom. The van der Waals surface area contributed by atoms with Crippen molar-refractivity contribution in [1.82, 2.24) is 10.2 Å². The topological polar surface area (TPSA) is 103 Å². The molecule has 0 radical (unpaired) electrons. The third-order valence-electron chi connectivity index (χ3n) is 4.70. The highest BCUT2D eigenvalue weighted by molar-refractivity contribution is 5.69. The first-order valence-corrected chi connectivity index (χ1v) is 10.4. The highest BCUT2D eigenvalue weighted by Gasteiger charge is 2.36. The van der Waals surface area contributed by atoms with Crippen molar-refractivity contribution in [3.8, 4) is 0 Å². The Bertz CT molecular complexity index is 809. The van der Waals surface area contributed by atoms with E-state index in [0.29, 0.717) is 17.7 Å². The molecule has 8 nitrogen and oxygen atoms in total. The van der Waals surface area contributed by atoms with Crippen molar-refractivity contribution in [3.63, 3.8) is 0 Å². The van der Waals surface area contributed by atoms with Gasteiger partial charge in [-0.15, -0.1) is 0 Å². The fraction of sp³-hybridized carbons (Fsp3) is 0.619. The highest BCUT2D eigenvalue weighted by Crippen LogP contribution is 2.23. The Hall–Kier alpha value is -2.76. The van der Waals surface area contributed by atoms with Crippen LogP contribution in [0.3, 0.4) is 0 Å². The van der Waals surface area contributed by atoms with Crippen molar-refractivity contribution in [3.05, 3.63) is 29.6 Å². The van der Waals surface area contributed by atoms with E-state index in [1.54, 1.807) is 32.2 Å². The van der Waals surface area contributed by atoms with Crippen molar-refractivity contribution in [2.24, 2.45) is 0 Å². The molecular weight excluding hydrogens is 450 g/mol. The molecule has 2 rings (SSSR count). The van der Waals surface area contributed by atoms with Crippen LogP contribution in [0.2, 0.25) is 0 Å². The van der Waals surface area contributed by atoms with Crippen LogP contribution in [0.5, 0.6) is 0 Å². The molecule has 1 aliphatic rings. The molecule has 0 spiro atoms. The van der Waals surface area contributed by atoms with Gasteiger partial charge in [-0.1, -0.05) is 6.07 Å². The molecule has 33 heavy (non-hydrogen) atoms. The number of hydrogen-bond donors (Lipinski definition) is 2. The summed E-state index contributed by atoms with van der Waals surface area (Å²) in [4.78, 5) is 25.6. The third kappa shape index (κ3) is 8.95. The number of rotatable bonds is 6. The molecule has 1 saturated heterocycles. The van der Waals surface area contributed by atoms with Crippen LogP contribution < -0.4 is 11.1 Å². The van der Waals surface area contributed by atoms with Crippen molar-refractivity contribution in [1.29, 1.82) is 0 Å². The molecule has 12 heteroatoms. The number of carbonyl (C=O) groups excluding carboxylic acids is 2. The minimum absolute atomic E-state index is 0.0524. The van der Waals surface area contributed by atoms with E-state index in [1.165, 1.54) is 17.0 Å². The predicted molar refractivity (Wildman–Crippen MR) is 111 cm³/mol. The zero-order valence-corrected chi connectivity index (χ0v) is 18.7. The van der Waals surface area contributed by atoms with E-state index in [9.17, 15) is 27.2 Å². The van der Waals surface area contributed by atoms with E-state index in [4.69, 9.17) is 19.9 Å². The van der Waals surface area contributed by atoms with Crippen LogP contribution in [0.25, 0.3) is 0 Å². The standard InChI is InChI=1S/C21H29F4N3O5/c1-20(2,3)33-19(30)28-9-14(7-8-15-16(22)5-4-6-17(15)26)31-10-13(28)11-32-18(29)27-12-21(23,24)25/h4-6,13-14H,7-12,26H2,1-3H3,(H,27,29). The van der Waals surface area contributed by atoms with Gasteiger partial charge >= 0.3 is 18.4 Å². The molecule has 0 saturated carbocycles. The monoisotopic (exact) mass is 479 g/mol. The van der Waals surface area contributed by atoms with Gasteiger partial charge in [0.1, 0.15) is 24.6 Å². The summed E-state index contributed by atoms with van der Waals surface area (Å²) in [5.74, 6) is -0.439. The SMILES string of the molecule is CC(C)(C)OC(=O)N1CC(CCc2c(N)cccc2F)OCC1COC(=O)NCC(F)(F)F. The number of nitrogens with zero attached hydrogens (tertiary/aromatic N) is 1. The first kappa shape index (κ1) is 26.5. The largest absolute Gasteiger partial charge is 0.447 e. The lowest BCUT2D eigenvalue weighted by Gasteiger charge is -2.39. The number of anilines is 1. The number of ether oxygens (including phenoxy) is 3. The predicted octanol–water partition coefficient (Wildman–Crippen LogP) is 3.63. The molecule has 1 aliphatic heterocycles. The zero-order chi connectivity index (χ0) is 24.8. The lowest BCUT2D eigenvalue weighted by Crippen LogP contribution is -2.55. The van der Waals surface area contributed by atoms with Crippen molar-refractivity contribution in [2.75, 3.05) is 32.0 Å². The summed E-state index contributed by atoms with van der Waals surface area (Å²) in [6.07, 6.45) is -6.40. The van der Waals surface area contributed by atoms with E-state index >= 15 is 0 Å². The number of benzene rings is 1. The molecule has 186 valence electrons. The minimum atomic E-state index is -4.58. The molecule has 1 fully saturated rings. The quantitative estimate of drug-likeness (QED) is 0.477. The Morgan fingerprint density at radius 1 is 1.27 bits per heavy atom. The number of hydrogen-bond acceptors (Lipinski definition) is 6. The summed E-state index contributed by atoms with van der Waals surface area (Å²) in [5, 5.41) is 1.59. The Balaban J connectivity index is 2.00. The van der Waals surface area contributed by atoms with Gasteiger partial charge in [0, 0.05) is 11.3 Å². The van der Waals surface area contributed by atoms with Gasteiger partial charge < -0.3 is 25.3 Å². The molecule has 1 heterocycles. The van der Waals surface area contributed by atoms with Crippen LogP contribution in [0.15, 0.2) is 18.2 Å². The lowest BCUT2D eigenvalue weighted by atomic mass is 10.0. The number of nitrogens with two attached hydrogens (primary N) is 1. The molecule has 0 bridgehead atoms. The van der Waals surface area contributed by atoms with Crippen LogP contribution in [0.4, 0.5) is 32.8 Å². The van der Waals surface area contributed by atoms with Gasteiger partial charge in [-0.05, 0) is 45.7 Å². The van der Waals surface area contributed by atoms with Crippen LogP contribution in [0.1, 0.15) is 32.8 Å². The summed E-state index contributed by atoms with van der Waals surface area (Å²) < 4.78 is 66.7. The third-order valence-corrected chi connectivity index (χ3v) is 4.70. The molecule has 1 aromatic rings. The van der Waals surface area contributed by atoms with Crippen LogP contribution in [0, 0.1) is 5.82 Å². The second-order valence-corrected chi connectivity index (χ2v) is 8.66. The number of alkyl halides is 3. The maximum absolute atomic E-state index is 14.0. The van der Waals surface area contributed by atoms with Gasteiger partial charge in [0.2, 0.25) is 0 Å². The number of halogens is 4. The van der Waals surface area contributed by atoms with E-state index in [-0.39, 0.29) is 19.6 Å². The molecule has 0 aliphatic carbocycles. The normalized spacial score (nSPS) is 19.2. The molecule has 2 atom stereocenters. The zero-order valence-electron chi connectivity index (χ0n) is 18.7. The highest BCUT2D eigenvalue weighted by atomic mass is 19.4. The second-order valence-electron chi connectivity index (χ2n) is 8.66. The summed E-state index contributed by atoms with van der Waals surface area (Å²) in [6, 6.07) is 3.62. The number of amides is 2. The maximum atomic E-state index is 14.0. The van der Waals surface area contributed by atoms with Gasteiger partial charge in [-0.25, -0.2) is 14.0 Å². The van der Waals surface area contributed by atoms with Crippen molar-refractivity contribution in [2.45, 2.75) is 57.5 Å². The Morgan fingerprint density at radius 2 is 1.97 bits per heavy atom. The fourth-order valence-corrected chi connectivity index (χ4v) is 3.15. The summed E-state index contributed by atoms with van der Waals surface area (Å²) in [5.41, 5.74) is 5.68. The lowest BCUT2D eigenvalue weighted by molar-refractivity contribution is -0.124. The summed E-state index contributed by atoms with van der Waals surface area (Å²) in [6.45, 7) is 3.12. The molecule has 2 amide bonds. The maximum Gasteiger partial charge on any atom is 0.410 e. The van der Waals surface area contributed by atoms with Gasteiger partial charge in [-0.2, -0.15) is 13.2 Å². The number of carbonyl (C=O) groups is 2. The Labute approximate surface area is 189 Å². The number of nitrogens with one attached hydrogen (secondary N) is 1. The summed E-state index contributed by atoms with van der Waals surface area (Å²) in [7, 11) is 0. The molecule has 1 aromatic carbocycles. The number of nitrogen functional groups attached to an aromatic ring is 1. The van der Waals surface area contributed by atoms with Gasteiger partial charge in [0.05, 0.1) is 25.3 Å². The molecule has 2 unspecified atom stereocenters. The average molecular weight is 479 g/mol. The van der Waals surface area contributed by atoms with Gasteiger partial charge in [0.25, 0.3) is 0 Å². The Kier molecular flexibility index (Phi) is 8.76. The van der Waals surface area contributed by atoms with Crippen LogP contribution in [-0.4, -0.2) is 67.3 Å². The van der Waals surface area contributed by atoms with Gasteiger partial charge in [-0.3, -0.25) is 4.90 Å².